The molecule has 4 rings (SSSR count). The number of aromatic nitrogens is 2. The van der Waals surface area contributed by atoms with Crippen molar-refractivity contribution < 1.29 is 14.6 Å². The number of pyridine rings is 2. The lowest BCUT2D eigenvalue weighted by Crippen LogP contribution is -2.40. The van der Waals surface area contributed by atoms with Gasteiger partial charge >= 0.3 is 6.03 Å². The molecule has 3 N–H and O–H groups in total. The van der Waals surface area contributed by atoms with E-state index in [4.69, 9.17) is 10.5 Å². The Morgan fingerprint density at radius 1 is 1.29 bits per heavy atom. The molecule has 0 aromatic carbocycles. The van der Waals surface area contributed by atoms with E-state index in [1.165, 1.54) is 4.90 Å². The first-order valence-corrected chi connectivity index (χ1v) is 7.98. The van der Waals surface area contributed by atoms with Gasteiger partial charge in [-0.15, -0.1) is 0 Å². The van der Waals surface area contributed by atoms with Gasteiger partial charge in [0.15, 0.2) is 6.29 Å². The molecule has 1 unspecified atom stereocenters. The number of anilines is 1. The number of nitrogens with zero attached hydrogens (tertiary/aromatic N) is 3. The van der Waals surface area contributed by atoms with Crippen LogP contribution in [0, 0.1) is 0 Å². The summed E-state index contributed by atoms with van der Waals surface area (Å²) in [4.78, 5) is 21.8. The van der Waals surface area contributed by atoms with Crippen molar-refractivity contribution in [1.29, 1.82) is 0 Å². The number of rotatable bonds is 1. The minimum atomic E-state index is -0.954. The second-order valence-corrected chi connectivity index (χ2v) is 6.03. The zero-order valence-corrected chi connectivity index (χ0v) is 13.1. The molecule has 2 amide bonds. The second-order valence-electron chi connectivity index (χ2n) is 6.03. The first-order chi connectivity index (χ1) is 11.6. The summed E-state index contributed by atoms with van der Waals surface area (Å²) >= 11 is 0. The standard InChI is InChI=1S/C17H18N4O3/c18-17(23)21-4-1-2-10-6-12(8-20-15(10)21)13-9-19-7-11-3-5-24-16(22)14(11)13/h6-9,16,22H,1-5H2,(H2,18,23). The fourth-order valence-corrected chi connectivity index (χ4v) is 3.42. The molecule has 1 atom stereocenters. The third kappa shape index (κ3) is 2.42. The summed E-state index contributed by atoms with van der Waals surface area (Å²) in [5.74, 6) is 0.618. The van der Waals surface area contributed by atoms with E-state index in [1.54, 1.807) is 18.6 Å². The van der Waals surface area contributed by atoms with E-state index in [0.29, 0.717) is 19.0 Å². The molecule has 0 radical (unpaired) electrons. The maximum absolute atomic E-state index is 11.6. The van der Waals surface area contributed by atoms with Gasteiger partial charge in [-0.05, 0) is 36.5 Å². The van der Waals surface area contributed by atoms with Gasteiger partial charge in [0.2, 0.25) is 0 Å². The van der Waals surface area contributed by atoms with Crippen molar-refractivity contribution in [2.45, 2.75) is 25.6 Å². The Balaban J connectivity index is 1.81. The third-order valence-electron chi connectivity index (χ3n) is 4.57. The largest absolute Gasteiger partial charge is 0.364 e. The first-order valence-electron chi connectivity index (χ1n) is 7.98. The SMILES string of the molecule is NC(=O)N1CCCc2cc(-c3cncc4c3C(O)OCC4)cnc21. The fraction of sp³-hybridized carbons (Fsp3) is 0.353. The number of carbonyl (C=O) groups is 1. The van der Waals surface area contributed by atoms with Crippen molar-refractivity contribution in [3.63, 3.8) is 0 Å². The van der Waals surface area contributed by atoms with E-state index >= 15 is 0 Å². The lowest BCUT2D eigenvalue weighted by atomic mass is 9.94. The van der Waals surface area contributed by atoms with Crippen LogP contribution in [0.3, 0.4) is 0 Å². The maximum atomic E-state index is 11.6. The van der Waals surface area contributed by atoms with Gasteiger partial charge in [0.1, 0.15) is 5.82 Å². The summed E-state index contributed by atoms with van der Waals surface area (Å²) in [7, 11) is 0. The monoisotopic (exact) mass is 326 g/mol. The number of aliphatic hydroxyl groups is 1. The molecule has 0 spiro atoms. The molecule has 7 heteroatoms. The molecule has 2 aliphatic rings. The molecule has 0 bridgehead atoms. The van der Waals surface area contributed by atoms with Crippen LogP contribution in [-0.2, 0) is 17.6 Å². The number of aryl methyl sites for hydroxylation is 1. The Labute approximate surface area is 139 Å². The van der Waals surface area contributed by atoms with Gasteiger partial charge in [-0.25, -0.2) is 9.78 Å². The molecular formula is C17H18N4O3. The minimum absolute atomic E-state index is 0.481. The third-order valence-corrected chi connectivity index (χ3v) is 4.57. The molecule has 2 aromatic heterocycles. The summed E-state index contributed by atoms with van der Waals surface area (Å²) in [6, 6.07) is 1.51. The number of nitrogens with two attached hydrogens (primary N) is 1. The number of ether oxygens (including phenoxy) is 1. The van der Waals surface area contributed by atoms with E-state index < -0.39 is 12.3 Å². The number of fused-ring (bicyclic) bond motifs is 2. The number of primary amides is 1. The smallest absolute Gasteiger partial charge is 0.320 e. The normalized spacial score (nSPS) is 19.5. The van der Waals surface area contributed by atoms with Crippen LogP contribution in [0.15, 0.2) is 24.7 Å². The molecule has 124 valence electrons. The lowest BCUT2D eigenvalue weighted by molar-refractivity contribution is -0.110. The summed E-state index contributed by atoms with van der Waals surface area (Å²) in [5, 5.41) is 10.2. The maximum Gasteiger partial charge on any atom is 0.320 e. The number of amides is 2. The molecule has 2 aromatic rings. The van der Waals surface area contributed by atoms with E-state index in [2.05, 4.69) is 9.97 Å². The highest BCUT2D eigenvalue weighted by Gasteiger charge is 2.26. The van der Waals surface area contributed by atoms with Crippen molar-refractivity contribution >= 4 is 11.8 Å². The van der Waals surface area contributed by atoms with E-state index in [0.717, 1.165) is 47.1 Å². The number of hydrogen-bond donors (Lipinski definition) is 2. The average Bonchev–Trinajstić information content (AvgIpc) is 2.60. The Bertz CT molecular complexity index is 808. The van der Waals surface area contributed by atoms with Crippen LogP contribution in [-0.4, -0.2) is 34.3 Å². The number of urea groups is 1. The van der Waals surface area contributed by atoms with Gasteiger partial charge in [-0.1, -0.05) is 0 Å². The van der Waals surface area contributed by atoms with Crippen LogP contribution >= 0.6 is 0 Å². The fourth-order valence-electron chi connectivity index (χ4n) is 3.42. The van der Waals surface area contributed by atoms with Crippen molar-refractivity contribution in [3.8, 4) is 11.1 Å². The summed E-state index contributed by atoms with van der Waals surface area (Å²) < 4.78 is 5.37. The van der Waals surface area contributed by atoms with E-state index in [9.17, 15) is 9.90 Å². The van der Waals surface area contributed by atoms with Crippen molar-refractivity contribution in [2.24, 2.45) is 5.73 Å². The van der Waals surface area contributed by atoms with E-state index in [-0.39, 0.29) is 0 Å². The molecule has 0 saturated heterocycles. The Hall–Kier alpha value is -2.51. The average molecular weight is 326 g/mol. The summed E-state index contributed by atoms with van der Waals surface area (Å²) in [6.45, 7) is 1.07. The van der Waals surface area contributed by atoms with Crippen LogP contribution in [0.2, 0.25) is 0 Å². The quantitative estimate of drug-likeness (QED) is 0.827. The number of aliphatic hydroxyl groups excluding tert-OH is 1. The van der Waals surface area contributed by atoms with Crippen LogP contribution < -0.4 is 10.6 Å². The van der Waals surface area contributed by atoms with Crippen molar-refractivity contribution in [2.75, 3.05) is 18.1 Å². The predicted octanol–water partition coefficient (Wildman–Crippen LogP) is 1.54. The Kier molecular flexibility index (Phi) is 3.66. The van der Waals surface area contributed by atoms with Gasteiger partial charge in [0.05, 0.1) is 6.61 Å². The van der Waals surface area contributed by atoms with Crippen molar-refractivity contribution in [3.05, 3.63) is 41.3 Å². The van der Waals surface area contributed by atoms with Gasteiger partial charge < -0.3 is 15.6 Å². The summed E-state index contributed by atoms with van der Waals surface area (Å²) in [6.07, 6.45) is 6.63. The Morgan fingerprint density at radius 2 is 2.17 bits per heavy atom. The van der Waals surface area contributed by atoms with Crippen molar-refractivity contribution in [1.82, 2.24) is 9.97 Å². The highest BCUT2D eigenvalue weighted by Crippen LogP contribution is 2.36. The second kappa shape index (κ2) is 5.85. The van der Waals surface area contributed by atoms with Crippen LogP contribution in [0.1, 0.15) is 29.4 Å². The van der Waals surface area contributed by atoms with Gasteiger partial charge in [-0.3, -0.25) is 9.88 Å². The molecule has 4 heterocycles. The topological polar surface area (TPSA) is 102 Å². The van der Waals surface area contributed by atoms with Gasteiger partial charge in [0, 0.05) is 41.8 Å². The Morgan fingerprint density at radius 3 is 3.00 bits per heavy atom. The highest BCUT2D eigenvalue weighted by atomic mass is 16.6. The van der Waals surface area contributed by atoms with Crippen LogP contribution in [0.4, 0.5) is 10.6 Å². The minimum Gasteiger partial charge on any atom is -0.364 e. The molecular weight excluding hydrogens is 308 g/mol. The number of hydrogen-bond acceptors (Lipinski definition) is 5. The molecule has 0 saturated carbocycles. The molecule has 2 aliphatic heterocycles. The van der Waals surface area contributed by atoms with Crippen LogP contribution in [0.25, 0.3) is 11.1 Å². The molecule has 7 nitrogen and oxygen atoms in total. The lowest BCUT2D eigenvalue weighted by Gasteiger charge is -2.28. The molecule has 0 fully saturated rings. The van der Waals surface area contributed by atoms with Crippen LogP contribution in [0.5, 0.6) is 0 Å². The highest BCUT2D eigenvalue weighted by molar-refractivity contribution is 5.91. The first kappa shape index (κ1) is 15.0. The molecule has 0 aliphatic carbocycles. The predicted molar refractivity (Wildman–Crippen MR) is 87.3 cm³/mol. The zero-order valence-electron chi connectivity index (χ0n) is 13.1. The van der Waals surface area contributed by atoms with Gasteiger partial charge in [0.25, 0.3) is 0 Å². The van der Waals surface area contributed by atoms with E-state index in [1.807, 2.05) is 6.07 Å². The summed E-state index contributed by atoms with van der Waals surface area (Å²) in [5.41, 5.74) is 9.81. The van der Waals surface area contributed by atoms with Gasteiger partial charge in [-0.2, -0.15) is 0 Å². The number of carbonyl (C=O) groups excluding carboxylic acids is 1. The zero-order chi connectivity index (χ0) is 16.7. The molecule has 24 heavy (non-hydrogen) atoms.